The van der Waals surface area contributed by atoms with Gasteiger partial charge >= 0.3 is 5.97 Å². The van der Waals surface area contributed by atoms with Gasteiger partial charge in [-0.3, -0.25) is 9.69 Å². The monoisotopic (exact) mass is 514 g/mol. The van der Waals surface area contributed by atoms with Crippen LogP contribution in [0, 0.1) is 5.82 Å². The number of carbonyl (C=O) groups is 1. The van der Waals surface area contributed by atoms with E-state index in [-0.39, 0.29) is 23.1 Å². The van der Waals surface area contributed by atoms with Crippen molar-refractivity contribution in [2.75, 3.05) is 32.1 Å². The molecule has 1 saturated carbocycles. The Kier molecular flexibility index (Phi) is 7.38. The largest absolute Gasteiger partial charge is 0.488 e. The molecule has 1 aromatic heterocycles. The molecule has 1 aliphatic heterocycles. The first-order valence-electron chi connectivity index (χ1n) is 12.1. The summed E-state index contributed by atoms with van der Waals surface area (Å²) in [5.41, 5.74) is 1.28. The Morgan fingerprint density at radius 3 is 2.75 bits per heavy atom. The number of likely N-dealkylation sites (N-methyl/N-ethyl adjacent to an activating group) is 1. The smallest absolute Gasteiger partial charge is 0.323 e. The van der Waals surface area contributed by atoms with Gasteiger partial charge in [-0.1, -0.05) is 11.6 Å². The molecule has 2 aromatic carbocycles. The Morgan fingerprint density at radius 1 is 1.17 bits per heavy atom. The molecule has 1 N–H and O–H groups in total. The molecule has 0 amide bonds. The van der Waals surface area contributed by atoms with Gasteiger partial charge in [0.15, 0.2) is 11.5 Å². The highest BCUT2D eigenvalue weighted by molar-refractivity contribution is 6.31. The number of nitrogens with zero attached hydrogens (tertiary/aromatic N) is 3. The average molecular weight is 515 g/mol. The first kappa shape index (κ1) is 24.5. The second-order valence-corrected chi connectivity index (χ2v) is 9.52. The molecule has 8 nitrogen and oxygen atoms in total. The Hall–Kier alpha value is -3.17. The maximum absolute atomic E-state index is 13.6. The van der Waals surface area contributed by atoms with E-state index in [0.29, 0.717) is 54.7 Å². The van der Waals surface area contributed by atoms with Crippen LogP contribution in [-0.2, 0) is 9.53 Å². The van der Waals surface area contributed by atoms with Gasteiger partial charge in [0.2, 0.25) is 0 Å². The molecule has 1 aliphatic carbocycles. The van der Waals surface area contributed by atoms with Crippen LogP contribution in [0.15, 0.2) is 36.7 Å². The van der Waals surface area contributed by atoms with Crippen LogP contribution in [-0.4, -0.2) is 59.8 Å². The van der Waals surface area contributed by atoms with E-state index in [1.54, 1.807) is 6.07 Å². The van der Waals surface area contributed by atoms with E-state index in [2.05, 4.69) is 15.3 Å². The molecule has 36 heavy (non-hydrogen) atoms. The first-order chi connectivity index (χ1) is 17.5. The fraction of sp³-hybridized carbons (Fsp3) is 0.423. The number of rotatable bonds is 9. The highest BCUT2D eigenvalue weighted by atomic mass is 35.5. The zero-order chi connectivity index (χ0) is 25.1. The molecule has 2 fully saturated rings. The molecule has 2 heterocycles. The molecule has 5 rings (SSSR count). The van der Waals surface area contributed by atoms with Crippen molar-refractivity contribution >= 4 is 40.0 Å². The minimum Gasteiger partial charge on any atom is -0.488 e. The number of ether oxygens (including phenoxy) is 3. The number of cyclic esters (lactones) is 1. The fourth-order valence-corrected chi connectivity index (χ4v) is 4.79. The topological polar surface area (TPSA) is 85.8 Å². The van der Waals surface area contributed by atoms with Crippen molar-refractivity contribution < 1.29 is 23.4 Å². The van der Waals surface area contributed by atoms with Crippen LogP contribution in [0.5, 0.6) is 11.5 Å². The van der Waals surface area contributed by atoms with Crippen LogP contribution < -0.4 is 14.8 Å². The Morgan fingerprint density at radius 2 is 2.00 bits per heavy atom. The standard InChI is InChI=1S/C26H28ClFN4O4/c1-32(22-8-10-35-26(22)33)9-11-34-23-13-18-21(14-24(23)36-17-4-2-3-5-17)29-15-30-25(18)31-16-6-7-20(28)19(27)12-16/h6-7,12-15,17,22H,2-5,8-11H2,1H3,(H,29,30,31). The highest BCUT2D eigenvalue weighted by Gasteiger charge is 2.30. The van der Waals surface area contributed by atoms with Crippen LogP contribution in [0.25, 0.3) is 10.9 Å². The number of halogens is 2. The van der Waals surface area contributed by atoms with E-state index >= 15 is 0 Å². The Balaban J connectivity index is 1.40. The van der Waals surface area contributed by atoms with Gasteiger partial charge in [-0.05, 0) is 57.0 Å². The van der Waals surface area contributed by atoms with Crippen LogP contribution in [0.4, 0.5) is 15.9 Å². The molecular formula is C26H28ClFN4O4. The third-order valence-electron chi connectivity index (χ3n) is 6.62. The van der Waals surface area contributed by atoms with Crippen molar-refractivity contribution in [3.63, 3.8) is 0 Å². The summed E-state index contributed by atoms with van der Waals surface area (Å²) in [6.45, 7) is 1.36. The van der Waals surface area contributed by atoms with Gasteiger partial charge in [-0.25, -0.2) is 14.4 Å². The third kappa shape index (κ3) is 5.47. The van der Waals surface area contributed by atoms with Crippen molar-refractivity contribution in [2.24, 2.45) is 0 Å². The molecule has 10 heteroatoms. The van der Waals surface area contributed by atoms with Crippen molar-refractivity contribution in [1.29, 1.82) is 0 Å². The summed E-state index contributed by atoms with van der Waals surface area (Å²) in [4.78, 5) is 22.7. The van der Waals surface area contributed by atoms with Crippen LogP contribution in [0.2, 0.25) is 5.02 Å². The summed E-state index contributed by atoms with van der Waals surface area (Å²) in [6.07, 6.45) is 6.59. The quantitative estimate of drug-likeness (QED) is 0.394. The molecule has 1 atom stereocenters. The number of fused-ring (bicyclic) bond motifs is 1. The van der Waals surface area contributed by atoms with Gasteiger partial charge in [0, 0.05) is 30.1 Å². The van der Waals surface area contributed by atoms with Gasteiger partial charge in [-0.15, -0.1) is 0 Å². The summed E-state index contributed by atoms with van der Waals surface area (Å²) in [5, 5.41) is 3.93. The summed E-state index contributed by atoms with van der Waals surface area (Å²) in [6, 6.07) is 7.87. The van der Waals surface area contributed by atoms with Crippen molar-refractivity contribution in [1.82, 2.24) is 14.9 Å². The lowest BCUT2D eigenvalue weighted by atomic mass is 10.2. The van der Waals surface area contributed by atoms with Crippen LogP contribution in [0.1, 0.15) is 32.1 Å². The molecule has 1 saturated heterocycles. The number of aromatic nitrogens is 2. The van der Waals surface area contributed by atoms with E-state index < -0.39 is 5.82 Å². The zero-order valence-corrected chi connectivity index (χ0v) is 20.8. The van der Waals surface area contributed by atoms with E-state index in [1.807, 2.05) is 24.1 Å². The second kappa shape index (κ2) is 10.8. The predicted molar refractivity (Wildman–Crippen MR) is 135 cm³/mol. The van der Waals surface area contributed by atoms with Gasteiger partial charge in [0.25, 0.3) is 0 Å². The summed E-state index contributed by atoms with van der Waals surface area (Å²) >= 11 is 5.95. The van der Waals surface area contributed by atoms with E-state index in [0.717, 1.165) is 31.1 Å². The second-order valence-electron chi connectivity index (χ2n) is 9.12. The maximum atomic E-state index is 13.6. The number of benzene rings is 2. The van der Waals surface area contributed by atoms with E-state index in [1.165, 1.54) is 18.5 Å². The molecule has 0 spiro atoms. The third-order valence-corrected chi connectivity index (χ3v) is 6.91. The number of esters is 1. The van der Waals surface area contributed by atoms with E-state index in [9.17, 15) is 9.18 Å². The van der Waals surface area contributed by atoms with Gasteiger partial charge in [0.05, 0.1) is 23.3 Å². The summed E-state index contributed by atoms with van der Waals surface area (Å²) in [7, 11) is 1.89. The number of carbonyl (C=O) groups excluding carboxylic acids is 1. The SMILES string of the molecule is CN(CCOc1cc2c(Nc3ccc(F)c(Cl)c3)ncnc2cc1OC1CCCC1)C1CCOC1=O. The first-order valence-corrected chi connectivity index (χ1v) is 12.5. The highest BCUT2D eigenvalue weighted by Crippen LogP contribution is 2.37. The molecule has 1 unspecified atom stereocenters. The van der Waals surface area contributed by atoms with Crippen molar-refractivity contribution in [3.8, 4) is 11.5 Å². The Bertz CT molecular complexity index is 1250. The lowest BCUT2D eigenvalue weighted by molar-refractivity contribution is -0.142. The lowest BCUT2D eigenvalue weighted by Gasteiger charge is -2.22. The minimum absolute atomic E-state index is 0.0184. The number of hydrogen-bond donors (Lipinski definition) is 1. The maximum Gasteiger partial charge on any atom is 0.323 e. The number of anilines is 2. The summed E-state index contributed by atoms with van der Waals surface area (Å²) in [5.74, 6) is 1.06. The normalized spacial score (nSPS) is 18.1. The van der Waals surface area contributed by atoms with Crippen LogP contribution >= 0.6 is 11.6 Å². The fourth-order valence-electron chi connectivity index (χ4n) is 4.61. The van der Waals surface area contributed by atoms with Crippen molar-refractivity contribution in [2.45, 2.75) is 44.2 Å². The molecule has 0 bridgehead atoms. The van der Waals surface area contributed by atoms with Gasteiger partial charge in [-0.2, -0.15) is 0 Å². The molecule has 2 aliphatic rings. The van der Waals surface area contributed by atoms with Gasteiger partial charge < -0.3 is 19.5 Å². The lowest BCUT2D eigenvalue weighted by Crippen LogP contribution is -2.37. The van der Waals surface area contributed by atoms with E-state index in [4.69, 9.17) is 25.8 Å². The average Bonchev–Trinajstić information content (AvgIpc) is 3.53. The molecular weight excluding hydrogens is 487 g/mol. The van der Waals surface area contributed by atoms with Crippen molar-refractivity contribution in [3.05, 3.63) is 47.5 Å². The molecule has 3 aromatic rings. The minimum atomic E-state index is -0.491. The Labute approximate surface area is 213 Å². The zero-order valence-electron chi connectivity index (χ0n) is 20.0. The van der Waals surface area contributed by atoms with Gasteiger partial charge in [0.1, 0.15) is 30.6 Å². The predicted octanol–water partition coefficient (Wildman–Crippen LogP) is 5.11. The molecule has 0 radical (unpaired) electrons. The number of hydrogen-bond acceptors (Lipinski definition) is 8. The molecule has 190 valence electrons. The number of nitrogens with one attached hydrogen (secondary N) is 1. The summed E-state index contributed by atoms with van der Waals surface area (Å²) < 4.78 is 31.2. The van der Waals surface area contributed by atoms with Crippen LogP contribution in [0.3, 0.4) is 0 Å².